The van der Waals surface area contributed by atoms with Gasteiger partial charge >= 0.3 is 0 Å². The van der Waals surface area contributed by atoms with E-state index < -0.39 is 0 Å². The van der Waals surface area contributed by atoms with Gasteiger partial charge < -0.3 is 4.90 Å². The number of amides is 1. The van der Waals surface area contributed by atoms with Gasteiger partial charge in [0.1, 0.15) is 0 Å². The van der Waals surface area contributed by atoms with Crippen LogP contribution in [0.1, 0.15) is 32.6 Å². The summed E-state index contributed by atoms with van der Waals surface area (Å²) in [6.45, 7) is 2.61. The Labute approximate surface area is 74.4 Å². The predicted molar refractivity (Wildman–Crippen MR) is 47.3 cm³/mol. The Bertz CT molecular complexity index is 126. The van der Waals surface area contributed by atoms with Crippen molar-refractivity contribution in [3.05, 3.63) is 0 Å². The third-order valence-electron chi connectivity index (χ3n) is 1.84. The molecule has 0 atom stereocenters. The second-order valence-electron chi connectivity index (χ2n) is 2.98. The molecule has 1 radical (unpaired) electrons. The van der Waals surface area contributed by atoms with E-state index >= 15 is 0 Å². The molecule has 0 aliphatic carbocycles. The van der Waals surface area contributed by atoms with Crippen molar-refractivity contribution in [1.82, 2.24) is 4.90 Å². The molecular weight excluding hydrogens is 154 g/mol. The molecule has 0 heterocycles. The lowest BCUT2D eigenvalue weighted by Crippen LogP contribution is -2.28. The summed E-state index contributed by atoms with van der Waals surface area (Å²) < 4.78 is 0. The minimum atomic E-state index is -0.295. The van der Waals surface area contributed by atoms with Crippen LogP contribution in [0.2, 0.25) is 0 Å². The van der Waals surface area contributed by atoms with E-state index in [-0.39, 0.29) is 18.9 Å². The standard InChI is InChI=1S/C9H18NO2/c1-3-4-5-7-10(2)9(12)6-8-11/h3-8H2,1-2H3. The molecule has 3 nitrogen and oxygen atoms in total. The highest BCUT2D eigenvalue weighted by Crippen LogP contribution is 1.97. The molecule has 0 unspecified atom stereocenters. The van der Waals surface area contributed by atoms with Gasteiger partial charge in [0, 0.05) is 13.6 Å². The van der Waals surface area contributed by atoms with Crippen molar-refractivity contribution in [2.45, 2.75) is 32.6 Å². The Hall–Kier alpha value is -0.570. The van der Waals surface area contributed by atoms with E-state index in [4.69, 9.17) is 0 Å². The Kier molecular flexibility index (Phi) is 6.76. The summed E-state index contributed by atoms with van der Waals surface area (Å²) in [6.07, 6.45) is 3.48. The molecule has 12 heavy (non-hydrogen) atoms. The molecule has 0 fully saturated rings. The maximum atomic E-state index is 11.1. The van der Waals surface area contributed by atoms with Crippen molar-refractivity contribution in [2.24, 2.45) is 0 Å². The molecule has 0 N–H and O–H groups in total. The molecule has 0 aliphatic heterocycles. The minimum absolute atomic E-state index is 0.0268. The van der Waals surface area contributed by atoms with Gasteiger partial charge in [-0.1, -0.05) is 19.8 Å². The second-order valence-corrected chi connectivity index (χ2v) is 2.98. The molecule has 0 bridgehead atoms. The predicted octanol–water partition coefficient (Wildman–Crippen LogP) is 1.46. The molecule has 3 heteroatoms. The van der Waals surface area contributed by atoms with Crippen LogP contribution in [-0.2, 0) is 9.90 Å². The Morgan fingerprint density at radius 2 is 2.00 bits per heavy atom. The molecule has 0 saturated carbocycles. The molecule has 1 amide bonds. The number of nitrogens with zero attached hydrogens (tertiary/aromatic N) is 1. The number of carbonyl (C=O) groups excluding carboxylic acids is 1. The van der Waals surface area contributed by atoms with Gasteiger partial charge in [-0.25, -0.2) is 5.11 Å². The zero-order valence-electron chi connectivity index (χ0n) is 8.01. The molecule has 0 aromatic carbocycles. The van der Waals surface area contributed by atoms with Crippen molar-refractivity contribution in [3.8, 4) is 0 Å². The third kappa shape index (κ3) is 5.13. The molecule has 0 rings (SSSR count). The molecule has 71 valence electrons. The van der Waals surface area contributed by atoms with Crippen molar-refractivity contribution < 1.29 is 9.90 Å². The van der Waals surface area contributed by atoms with Crippen LogP contribution in [0.15, 0.2) is 0 Å². The highest BCUT2D eigenvalue weighted by molar-refractivity contribution is 5.75. The van der Waals surface area contributed by atoms with E-state index in [2.05, 4.69) is 6.92 Å². The number of hydrogen-bond donors (Lipinski definition) is 0. The van der Waals surface area contributed by atoms with Crippen LogP contribution < -0.4 is 0 Å². The van der Waals surface area contributed by atoms with Gasteiger partial charge in [0.15, 0.2) is 0 Å². The number of rotatable bonds is 6. The third-order valence-corrected chi connectivity index (χ3v) is 1.84. The van der Waals surface area contributed by atoms with E-state index in [9.17, 15) is 9.90 Å². The zero-order chi connectivity index (χ0) is 9.40. The van der Waals surface area contributed by atoms with Crippen LogP contribution in [-0.4, -0.2) is 31.0 Å². The Morgan fingerprint density at radius 1 is 1.33 bits per heavy atom. The number of carbonyl (C=O) groups is 1. The van der Waals surface area contributed by atoms with Crippen molar-refractivity contribution in [2.75, 3.05) is 20.2 Å². The molecular formula is C9H18NO2. The van der Waals surface area contributed by atoms with E-state index in [1.54, 1.807) is 11.9 Å². The molecule has 0 saturated heterocycles. The van der Waals surface area contributed by atoms with E-state index in [0.717, 1.165) is 25.8 Å². The van der Waals surface area contributed by atoms with E-state index in [0.29, 0.717) is 0 Å². The first kappa shape index (κ1) is 11.4. The van der Waals surface area contributed by atoms with Crippen molar-refractivity contribution in [1.29, 1.82) is 0 Å². The fourth-order valence-corrected chi connectivity index (χ4v) is 1.00. The summed E-state index contributed by atoms with van der Waals surface area (Å²) in [6, 6.07) is 0. The fourth-order valence-electron chi connectivity index (χ4n) is 1.00. The van der Waals surface area contributed by atoms with Gasteiger partial charge in [0.2, 0.25) is 5.91 Å². The Balaban J connectivity index is 3.42. The van der Waals surface area contributed by atoms with E-state index in [1.165, 1.54) is 0 Å². The first-order valence-corrected chi connectivity index (χ1v) is 4.54. The highest BCUT2D eigenvalue weighted by atomic mass is 16.3. The number of unbranched alkanes of at least 4 members (excludes halogenated alkanes) is 2. The van der Waals surface area contributed by atoms with Gasteiger partial charge in [-0.15, -0.1) is 0 Å². The lowest BCUT2D eigenvalue weighted by atomic mass is 10.2. The van der Waals surface area contributed by atoms with Crippen LogP contribution in [0, 0.1) is 0 Å². The quantitative estimate of drug-likeness (QED) is 0.559. The smallest absolute Gasteiger partial charge is 0.224 e. The first-order chi connectivity index (χ1) is 5.72. The second kappa shape index (κ2) is 7.10. The maximum Gasteiger partial charge on any atom is 0.224 e. The largest absolute Gasteiger partial charge is 0.346 e. The molecule has 0 aliphatic rings. The van der Waals surface area contributed by atoms with E-state index in [1.807, 2.05) is 0 Å². The van der Waals surface area contributed by atoms with Gasteiger partial charge in [-0.2, -0.15) is 0 Å². The zero-order valence-corrected chi connectivity index (χ0v) is 8.01. The minimum Gasteiger partial charge on any atom is -0.346 e. The van der Waals surface area contributed by atoms with Crippen LogP contribution in [0.4, 0.5) is 0 Å². The van der Waals surface area contributed by atoms with Crippen LogP contribution in [0.3, 0.4) is 0 Å². The summed E-state index contributed by atoms with van der Waals surface area (Å²) in [4.78, 5) is 12.7. The summed E-state index contributed by atoms with van der Waals surface area (Å²) >= 11 is 0. The maximum absolute atomic E-state index is 11.1. The average Bonchev–Trinajstić information content (AvgIpc) is 2.05. The summed E-state index contributed by atoms with van der Waals surface area (Å²) in [5.74, 6) is -0.0268. The summed E-state index contributed by atoms with van der Waals surface area (Å²) in [5.41, 5.74) is 0. The summed E-state index contributed by atoms with van der Waals surface area (Å²) in [5, 5.41) is 10.1. The lowest BCUT2D eigenvalue weighted by molar-refractivity contribution is -0.131. The topological polar surface area (TPSA) is 40.2 Å². The highest BCUT2D eigenvalue weighted by Gasteiger charge is 2.06. The fraction of sp³-hybridized carbons (Fsp3) is 0.889. The average molecular weight is 172 g/mol. The van der Waals surface area contributed by atoms with Crippen LogP contribution in [0.5, 0.6) is 0 Å². The van der Waals surface area contributed by atoms with Gasteiger partial charge in [-0.05, 0) is 6.42 Å². The van der Waals surface area contributed by atoms with Crippen molar-refractivity contribution in [3.63, 3.8) is 0 Å². The molecule has 0 aromatic rings. The monoisotopic (exact) mass is 172 g/mol. The van der Waals surface area contributed by atoms with Gasteiger partial charge in [-0.3, -0.25) is 4.79 Å². The molecule has 0 spiro atoms. The van der Waals surface area contributed by atoms with Crippen molar-refractivity contribution >= 4 is 5.91 Å². The first-order valence-electron chi connectivity index (χ1n) is 4.54. The normalized spacial score (nSPS) is 9.92. The summed E-state index contributed by atoms with van der Waals surface area (Å²) in [7, 11) is 1.76. The Morgan fingerprint density at radius 3 is 2.50 bits per heavy atom. The van der Waals surface area contributed by atoms with Gasteiger partial charge in [0.25, 0.3) is 0 Å². The molecule has 0 aromatic heterocycles. The lowest BCUT2D eigenvalue weighted by Gasteiger charge is -2.15. The van der Waals surface area contributed by atoms with Crippen LogP contribution >= 0.6 is 0 Å². The van der Waals surface area contributed by atoms with Crippen LogP contribution in [0.25, 0.3) is 0 Å². The SMILES string of the molecule is CCCCCN(C)C(=O)CC[O]. The number of hydrogen-bond acceptors (Lipinski definition) is 1. The van der Waals surface area contributed by atoms with Gasteiger partial charge in [0.05, 0.1) is 13.0 Å².